The number of nitrogens with zero attached hydrogens (tertiary/aromatic N) is 3. The number of hydrogen-bond donors (Lipinski definition) is 2. The summed E-state index contributed by atoms with van der Waals surface area (Å²) in [4.78, 5) is 8.04. The maximum absolute atomic E-state index is 6.58. The number of rotatable bonds is 4. The van der Waals surface area contributed by atoms with Gasteiger partial charge in [0, 0.05) is 45.5 Å². The third kappa shape index (κ3) is 3.66. The third-order valence-corrected chi connectivity index (χ3v) is 6.28. The van der Waals surface area contributed by atoms with Crippen molar-refractivity contribution in [3.63, 3.8) is 0 Å². The molecule has 3 aromatic heterocycles. The standard InChI is InChI=1S/C22H21Cl2N5/c23-18-4-2-1-3-15(18)12-29-13-16(10-27-29)21-17-9-20(14-5-7-25-8-6-14)28-22(17)26-11-19(21)24/h1-4,9-11,13-14,25H,5-8,12H2,(H,26,28). The van der Waals surface area contributed by atoms with Gasteiger partial charge in [0.2, 0.25) is 0 Å². The number of fused-ring (bicyclic) bond motifs is 1. The molecule has 0 amide bonds. The van der Waals surface area contributed by atoms with Gasteiger partial charge in [-0.05, 0) is 43.6 Å². The average molecular weight is 426 g/mol. The van der Waals surface area contributed by atoms with Crippen LogP contribution in [0, 0.1) is 0 Å². The molecule has 4 aromatic rings. The normalized spacial score (nSPS) is 15.2. The number of aromatic amines is 1. The zero-order valence-corrected chi connectivity index (χ0v) is 17.3. The van der Waals surface area contributed by atoms with Crippen LogP contribution in [-0.4, -0.2) is 32.8 Å². The predicted octanol–water partition coefficient (Wildman–Crippen LogP) is 5.25. The Morgan fingerprint density at radius 3 is 2.72 bits per heavy atom. The minimum atomic E-state index is 0.528. The zero-order valence-electron chi connectivity index (χ0n) is 15.8. The van der Waals surface area contributed by atoms with Crippen molar-refractivity contribution in [1.82, 2.24) is 25.1 Å². The fourth-order valence-electron chi connectivity index (χ4n) is 4.10. The molecule has 29 heavy (non-hydrogen) atoms. The summed E-state index contributed by atoms with van der Waals surface area (Å²) in [6.07, 6.45) is 7.85. The van der Waals surface area contributed by atoms with Crippen LogP contribution in [0.25, 0.3) is 22.2 Å². The highest BCUT2D eigenvalue weighted by Crippen LogP contribution is 2.36. The predicted molar refractivity (Wildman–Crippen MR) is 118 cm³/mol. The van der Waals surface area contributed by atoms with Crippen molar-refractivity contribution >= 4 is 34.2 Å². The summed E-state index contributed by atoms with van der Waals surface area (Å²) < 4.78 is 1.89. The molecule has 7 heteroatoms. The summed E-state index contributed by atoms with van der Waals surface area (Å²) in [5.74, 6) is 0.528. The lowest BCUT2D eigenvalue weighted by atomic mass is 9.94. The average Bonchev–Trinajstić information content (AvgIpc) is 3.37. The van der Waals surface area contributed by atoms with Gasteiger partial charge in [-0.2, -0.15) is 5.10 Å². The van der Waals surface area contributed by atoms with Gasteiger partial charge >= 0.3 is 0 Å². The molecule has 1 fully saturated rings. The first-order valence-electron chi connectivity index (χ1n) is 9.83. The molecule has 148 valence electrons. The number of benzene rings is 1. The molecule has 0 atom stereocenters. The van der Waals surface area contributed by atoms with Crippen LogP contribution < -0.4 is 5.32 Å². The number of nitrogens with one attached hydrogen (secondary N) is 2. The van der Waals surface area contributed by atoms with Gasteiger partial charge < -0.3 is 10.3 Å². The quantitative estimate of drug-likeness (QED) is 0.469. The Morgan fingerprint density at radius 2 is 1.90 bits per heavy atom. The molecular weight excluding hydrogens is 405 g/mol. The van der Waals surface area contributed by atoms with Crippen LogP contribution in [0.2, 0.25) is 10.0 Å². The van der Waals surface area contributed by atoms with Gasteiger partial charge in [-0.15, -0.1) is 0 Å². The number of H-pyrrole nitrogens is 1. The minimum absolute atomic E-state index is 0.528. The molecule has 4 heterocycles. The molecular formula is C22H21Cl2N5. The van der Waals surface area contributed by atoms with Gasteiger partial charge in [0.1, 0.15) is 5.65 Å². The molecule has 1 aliphatic heterocycles. The van der Waals surface area contributed by atoms with E-state index in [4.69, 9.17) is 23.2 Å². The molecule has 1 aromatic carbocycles. The summed E-state index contributed by atoms with van der Waals surface area (Å²) in [7, 11) is 0. The number of aromatic nitrogens is 4. The molecule has 0 spiro atoms. The molecule has 0 radical (unpaired) electrons. The van der Waals surface area contributed by atoms with Crippen molar-refractivity contribution in [3.05, 3.63) is 70.2 Å². The van der Waals surface area contributed by atoms with Gasteiger partial charge in [-0.25, -0.2) is 4.98 Å². The Bertz CT molecular complexity index is 1160. The van der Waals surface area contributed by atoms with Gasteiger partial charge in [-0.3, -0.25) is 4.68 Å². The third-order valence-electron chi connectivity index (χ3n) is 5.62. The second-order valence-electron chi connectivity index (χ2n) is 7.51. The zero-order chi connectivity index (χ0) is 19.8. The van der Waals surface area contributed by atoms with Crippen molar-refractivity contribution in [2.24, 2.45) is 0 Å². The van der Waals surface area contributed by atoms with Crippen LogP contribution in [0.4, 0.5) is 0 Å². The maximum atomic E-state index is 6.58. The Morgan fingerprint density at radius 1 is 1.07 bits per heavy atom. The van der Waals surface area contributed by atoms with E-state index < -0.39 is 0 Å². The lowest BCUT2D eigenvalue weighted by Crippen LogP contribution is -2.26. The largest absolute Gasteiger partial charge is 0.343 e. The van der Waals surface area contributed by atoms with Crippen molar-refractivity contribution < 1.29 is 0 Å². The molecule has 0 unspecified atom stereocenters. The van der Waals surface area contributed by atoms with Crippen LogP contribution in [0.3, 0.4) is 0 Å². The first-order valence-corrected chi connectivity index (χ1v) is 10.6. The molecule has 0 aliphatic carbocycles. The van der Waals surface area contributed by atoms with Crippen LogP contribution in [0.15, 0.2) is 48.9 Å². The molecule has 0 saturated carbocycles. The monoisotopic (exact) mass is 425 g/mol. The molecule has 1 saturated heterocycles. The summed E-state index contributed by atoms with van der Waals surface area (Å²) in [6, 6.07) is 10.0. The van der Waals surface area contributed by atoms with E-state index in [9.17, 15) is 0 Å². The van der Waals surface area contributed by atoms with E-state index in [1.165, 1.54) is 5.69 Å². The highest BCUT2D eigenvalue weighted by molar-refractivity contribution is 6.34. The fraction of sp³-hybridized carbons (Fsp3) is 0.273. The van der Waals surface area contributed by atoms with Crippen molar-refractivity contribution in [3.8, 4) is 11.1 Å². The first-order chi connectivity index (χ1) is 14.2. The molecule has 0 bridgehead atoms. The van der Waals surface area contributed by atoms with Crippen LogP contribution >= 0.6 is 23.2 Å². The van der Waals surface area contributed by atoms with E-state index in [2.05, 4.69) is 26.4 Å². The first kappa shape index (κ1) is 18.7. The van der Waals surface area contributed by atoms with Crippen LogP contribution in [-0.2, 0) is 6.54 Å². The van der Waals surface area contributed by atoms with E-state index in [-0.39, 0.29) is 0 Å². The van der Waals surface area contributed by atoms with Gasteiger partial charge in [-0.1, -0.05) is 41.4 Å². The number of hydrogen-bond acceptors (Lipinski definition) is 3. The molecule has 5 rings (SSSR count). The van der Waals surface area contributed by atoms with Gasteiger partial charge in [0.15, 0.2) is 0 Å². The van der Waals surface area contributed by atoms with E-state index in [0.29, 0.717) is 17.5 Å². The van der Waals surface area contributed by atoms with Crippen LogP contribution in [0.5, 0.6) is 0 Å². The van der Waals surface area contributed by atoms with Crippen LogP contribution in [0.1, 0.15) is 30.0 Å². The van der Waals surface area contributed by atoms with E-state index >= 15 is 0 Å². The van der Waals surface area contributed by atoms with Crippen molar-refractivity contribution in [2.45, 2.75) is 25.3 Å². The van der Waals surface area contributed by atoms with Crippen molar-refractivity contribution in [2.75, 3.05) is 13.1 Å². The fourth-order valence-corrected chi connectivity index (χ4v) is 4.55. The van der Waals surface area contributed by atoms with Crippen molar-refractivity contribution in [1.29, 1.82) is 0 Å². The van der Waals surface area contributed by atoms with Gasteiger partial charge in [0.05, 0.1) is 17.8 Å². The minimum Gasteiger partial charge on any atom is -0.343 e. The Kier molecular flexibility index (Phi) is 5.04. The number of piperidine rings is 1. The number of halogens is 2. The maximum Gasteiger partial charge on any atom is 0.138 e. The summed E-state index contributed by atoms with van der Waals surface area (Å²) in [6.45, 7) is 2.71. The smallest absolute Gasteiger partial charge is 0.138 e. The summed E-state index contributed by atoms with van der Waals surface area (Å²) in [5, 5.41) is 10.4. The lowest BCUT2D eigenvalue weighted by Gasteiger charge is -2.21. The van der Waals surface area contributed by atoms with E-state index in [1.54, 1.807) is 6.20 Å². The summed E-state index contributed by atoms with van der Waals surface area (Å²) in [5.41, 5.74) is 5.09. The second kappa shape index (κ2) is 7.82. The van der Waals surface area contributed by atoms with E-state index in [1.807, 2.05) is 41.3 Å². The van der Waals surface area contributed by atoms with E-state index in [0.717, 1.165) is 58.7 Å². The van der Waals surface area contributed by atoms with Gasteiger partial charge in [0.25, 0.3) is 0 Å². The number of pyridine rings is 1. The molecule has 2 N–H and O–H groups in total. The molecule has 5 nitrogen and oxygen atoms in total. The highest BCUT2D eigenvalue weighted by Gasteiger charge is 2.20. The SMILES string of the molecule is Clc1ccccc1Cn1cc(-c2c(Cl)cnc3[nH]c(C4CCNCC4)cc23)cn1. The molecule has 1 aliphatic rings. The lowest BCUT2D eigenvalue weighted by molar-refractivity contribution is 0.455. The second-order valence-corrected chi connectivity index (χ2v) is 8.32. The highest BCUT2D eigenvalue weighted by atomic mass is 35.5. The summed E-state index contributed by atoms with van der Waals surface area (Å²) >= 11 is 12.9. The Balaban J connectivity index is 1.51. The Labute approximate surface area is 179 Å². The topological polar surface area (TPSA) is 58.5 Å². The Hall–Kier alpha value is -2.34.